The third-order valence-corrected chi connectivity index (χ3v) is 4.46. The second kappa shape index (κ2) is 6.78. The van der Waals surface area contributed by atoms with Crippen LogP contribution in [-0.2, 0) is 4.79 Å². The van der Waals surface area contributed by atoms with Crippen LogP contribution in [0, 0.1) is 12.8 Å². The predicted molar refractivity (Wildman–Crippen MR) is 82.2 cm³/mol. The van der Waals surface area contributed by atoms with Gasteiger partial charge in [0.1, 0.15) is 6.54 Å². The van der Waals surface area contributed by atoms with Gasteiger partial charge in [0, 0.05) is 11.7 Å². The smallest absolute Gasteiger partial charge is 0.323 e. The number of hydrogen-bond donors (Lipinski definition) is 1. The summed E-state index contributed by atoms with van der Waals surface area (Å²) in [5.74, 6) is -0.129. The molecule has 3 nitrogen and oxygen atoms in total. The van der Waals surface area contributed by atoms with E-state index in [-0.39, 0.29) is 6.54 Å². The summed E-state index contributed by atoms with van der Waals surface area (Å²) in [5.41, 5.74) is 2.25. The van der Waals surface area contributed by atoms with Gasteiger partial charge in [-0.2, -0.15) is 0 Å². The molecule has 20 heavy (non-hydrogen) atoms. The number of benzene rings is 1. The minimum atomic E-state index is -0.744. The van der Waals surface area contributed by atoms with Gasteiger partial charge in [0.25, 0.3) is 0 Å². The van der Waals surface area contributed by atoms with E-state index in [1.807, 2.05) is 0 Å². The first kappa shape index (κ1) is 14.9. The lowest BCUT2D eigenvalue weighted by atomic mass is 9.81. The Morgan fingerprint density at radius 1 is 1.25 bits per heavy atom. The lowest BCUT2D eigenvalue weighted by molar-refractivity contribution is -0.135. The number of carbonyl (C=O) groups is 1. The van der Waals surface area contributed by atoms with E-state index in [0.29, 0.717) is 12.0 Å². The molecule has 0 heterocycles. The Morgan fingerprint density at radius 3 is 2.50 bits per heavy atom. The van der Waals surface area contributed by atoms with Crippen LogP contribution in [0.25, 0.3) is 0 Å². The fourth-order valence-corrected chi connectivity index (χ4v) is 3.36. The van der Waals surface area contributed by atoms with Crippen molar-refractivity contribution < 1.29 is 9.90 Å². The van der Waals surface area contributed by atoms with Crippen LogP contribution in [0.15, 0.2) is 24.3 Å². The van der Waals surface area contributed by atoms with Gasteiger partial charge in [-0.3, -0.25) is 4.79 Å². The van der Waals surface area contributed by atoms with Gasteiger partial charge >= 0.3 is 5.97 Å². The van der Waals surface area contributed by atoms with E-state index in [2.05, 4.69) is 43.0 Å². The van der Waals surface area contributed by atoms with E-state index in [4.69, 9.17) is 0 Å². The molecule has 0 amide bonds. The fourth-order valence-electron chi connectivity index (χ4n) is 3.36. The van der Waals surface area contributed by atoms with Gasteiger partial charge in [-0.1, -0.05) is 43.9 Å². The molecule has 1 aromatic carbocycles. The normalized spacial score (nSPS) is 22.5. The molecule has 0 radical (unpaired) electrons. The number of anilines is 1. The molecule has 1 aliphatic carbocycles. The van der Waals surface area contributed by atoms with Crippen LogP contribution in [-0.4, -0.2) is 23.7 Å². The summed E-state index contributed by atoms with van der Waals surface area (Å²) in [6.45, 7) is 4.38. The van der Waals surface area contributed by atoms with Crippen LogP contribution in [0.4, 0.5) is 5.69 Å². The third-order valence-electron chi connectivity index (χ3n) is 4.46. The average molecular weight is 275 g/mol. The van der Waals surface area contributed by atoms with E-state index in [1.165, 1.54) is 24.8 Å². The maximum absolute atomic E-state index is 11.2. The second-order valence-corrected chi connectivity index (χ2v) is 5.88. The third kappa shape index (κ3) is 3.53. The second-order valence-electron chi connectivity index (χ2n) is 5.88. The Labute approximate surface area is 121 Å². The zero-order valence-corrected chi connectivity index (χ0v) is 12.5. The zero-order valence-electron chi connectivity index (χ0n) is 12.5. The molecule has 0 aliphatic heterocycles. The molecular formula is C17H25NO2. The van der Waals surface area contributed by atoms with Crippen molar-refractivity contribution in [1.82, 2.24) is 0 Å². The quantitative estimate of drug-likeness (QED) is 0.887. The van der Waals surface area contributed by atoms with Crippen molar-refractivity contribution >= 4 is 11.7 Å². The van der Waals surface area contributed by atoms with Crippen molar-refractivity contribution in [1.29, 1.82) is 0 Å². The molecular weight excluding hydrogens is 250 g/mol. The largest absolute Gasteiger partial charge is 0.480 e. The van der Waals surface area contributed by atoms with E-state index < -0.39 is 5.97 Å². The molecule has 0 saturated heterocycles. The number of aryl methyl sites for hydroxylation is 1. The molecule has 3 heteroatoms. The SMILES string of the molecule is CCC1CCCCC1N(CC(=O)O)c1ccc(C)cc1. The summed E-state index contributed by atoms with van der Waals surface area (Å²) in [5, 5.41) is 9.25. The molecule has 0 spiro atoms. The Kier molecular flexibility index (Phi) is 5.05. The average Bonchev–Trinajstić information content (AvgIpc) is 2.45. The van der Waals surface area contributed by atoms with Gasteiger partial charge < -0.3 is 10.0 Å². The maximum atomic E-state index is 11.2. The molecule has 1 aromatic rings. The van der Waals surface area contributed by atoms with Crippen molar-refractivity contribution in [2.24, 2.45) is 5.92 Å². The van der Waals surface area contributed by atoms with Crippen molar-refractivity contribution in [2.45, 2.75) is 52.0 Å². The first-order valence-corrected chi connectivity index (χ1v) is 7.67. The molecule has 1 saturated carbocycles. The van der Waals surface area contributed by atoms with Crippen LogP contribution in [0.5, 0.6) is 0 Å². The van der Waals surface area contributed by atoms with E-state index >= 15 is 0 Å². The first-order valence-electron chi connectivity index (χ1n) is 7.67. The van der Waals surface area contributed by atoms with Gasteiger partial charge in [-0.15, -0.1) is 0 Å². The standard InChI is InChI=1S/C17H25NO2/c1-3-14-6-4-5-7-16(14)18(12-17(19)20)15-10-8-13(2)9-11-15/h8-11,14,16H,3-7,12H2,1-2H3,(H,19,20). The Balaban J connectivity index is 2.25. The number of rotatable bonds is 5. The highest BCUT2D eigenvalue weighted by Gasteiger charge is 2.30. The summed E-state index contributed by atoms with van der Waals surface area (Å²) < 4.78 is 0. The highest BCUT2D eigenvalue weighted by Crippen LogP contribution is 2.33. The number of aliphatic carboxylic acids is 1. The van der Waals surface area contributed by atoms with Crippen LogP contribution in [0.2, 0.25) is 0 Å². The van der Waals surface area contributed by atoms with Crippen molar-refractivity contribution in [3.8, 4) is 0 Å². The lowest BCUT2D eigenvalue weighted by Gasteiger charge is -2.40. The van der Waals surface area contributed by atoms with Crippen molar-refractivity contribution in [3.63, 3.8) is 0 Å². The summed E-state index contributed by atoms with van der Waals surface area (Å²) in [4.78, 5) is 13.4. The maximum Gasteiger partial charge on any atom is 0.323 e. The molecule has 0 bridgehead atoms. The van der Waals surface area contributed by atoms with Crippen LogP contribution in [0.3, 0.4) is 0 Å². The van der Waals surface area contributed by atoms with Crippen LogP contribution in [0.1, 0.15) is 44.6 Å². The van der Waals surface area contributed by atoms with E-state index in [9.17, 15) is 9.90 Å². The van der Waals surface area contributed by atoms with Crippen LogP contribution >= 0.6 is 0 Å². The molecule has 1 fully saturated rings. The Bertz CT molecular complexity index is 441. The van der Waals surface area contributed by atoms with Gasteiger partial charge in [0.15, 0.2) is 0 Å². The Morgan fingerprint density at radius 2 is 1.90 bits per heavy atom. The summed E-state index contributed by atoms with van der Waals surface area (Å²) >= 11 is 0. The number of carboxylic acid groups (broad SMARTS) is 1. The predicted octanol–water partition coefficient (Wildman–Crippen LogP) is 3.85. The minimum absolute atomic E-state index is 0.101. The monoisotopic (exact) mass is 275 g/mol. The number of nitrogens with zero attached hydrogens (tertiary/aromatic N) is 1. The highest BCUT2D eigenvalue weighted by molar-refractivity contribution is 5.74. The lowest BCUT2D eigenvalue weighted by Crippen LogP contribution is -2.45. The van der Waals surface area contributed by atoms with Crippen molar-refractivity contribution in [2.75, 3.05) is 11.4 Å². The molecule has 2 atom stereocenters. The number of carboxylic acids is 1. The zero-order chi connectivity index (χ0) is 14.5. The molecule has 0 aromatic heterocycles. The topological polar surface area (TPSA) is 40.5 Å². The summed E-state index contributed by atoms with van der Waals surface area (Å²) in [7, 11) is 0. The summed E-state index contributed by atoms with van der Waals surface area (Å²) in [6.07, 6.45) is 5.96. The van der Waals surface area contributed by atoms with Gasteiger partial charge in [0.05, 0.1) is 0 Å². The molecule has 1 aliphatic rings. The highest BCUT2D eigenvalue weighted by atomic mass is 16.4. The number of hydrogen-bond acceptors (Lipinski definition) is 2. The summed E-state index contributed by atoms with van der Waals surface area (Å²) in [6, 6.07) is 8.61. The first-order chi connectivity index (χ1) is 9.61. The molecule has 110 valence electrons. The molecule has 2 unspecified atom stereocenters. The molecule has 1 N–H and O–H groups in total. The Hall–Kier alpha value is -1.51. The minimum Gasteiger partial charge on any atom is -0.480 e. The van der Waals surface area contributed by atoms with E-state index in [1.54, 1.807) is 0 Å². The molecule has 2 rings (SSSR count). The van der Waals surface area contributed by atoms with Crippen molar-refractivity contribution in [3.05, 3.63) is 29.8 Å². The van der Waals surface area contributed by atoms with Gasteiger partial charge in [-0.25, -0.2) is 0 Å². The van der Waals surface area contributed by atoms with Gasteiger partial charge in [0.2, 0.25) is 0 Å². The van der Waals surface area contributed by atoms with Crippen LogP contribution < -0.4 is 4.90 Å². The fraction of sp³-hybridized carbons (Fsp3) is 0.588. The van der Waals surface area contributed by atoms with E-state index in [0.717, 1.165) is 18.5 Å². The van der Waals surface area contributed by atoms with Gasteiger partial charge in [-0.05, 0) is 37.8 Å².